The van der Waals surface area contributed by atoms with Gasteiger partial charge in [0.2, 0.25) is 0 Å². The second-order valence-electron chi connectivity index (χ2n) is 5.21. The minimum Gasteiger partial charge on any atom is -0.336 e. The van der Waals surface area contributed by atoms with Gasteiger partial charge < -0.3 is 10.3 Å². The van der Waals surface area contributed by atoms with Gasteiger partial charge in [-0.25, -0.2) is 4.39 Å². The summed E-state index contributed by atoms with van der Waals surface area (Å²) >= 11 is 7.46. The van der Waals surface area contributed by atoms with Crippen LogP contribution in [0.25, 0.3) is 5.69 Å². The maximum atomic E-state index is 13.1. The van der Waals surface area contributed by atoms with Crippen LogP contribution in [0.2, 0.25) is 0 Å². The summed E-state index contributed by atoms with van der Waals surface area (Å²) in [7, 11) is 0. The standard InChI is InChI=1S/C17H13FIN3OS/c1-10-2-5-12(8-14(10)19)21-16(23)15-9-20-17(24)22(15)13-6-3-11(18)4-7-13/h2-9H,1H3,(H,20,24)(H,21,23). The third kappa shape index (κ3) is 3.41. The molecule has 7 heteroatoms. The molecule has 0 spiro atoms. The van der Waals surface area contributed by atoms with Crippen LogP contribution in [0, 0.1) is 21.1 Å². The fourth-order valence-electron chi connectivity index (χ4n) is 2.25. The van der Waals surface area contributed by atoms with Crippen molar-refractivity contribution in [3.8, 4) is 5.69 Å². The summed E-state index contributed by atoms with van der Waals surface area (Å²) < 4.78 is 16.1. The van der Waals surface area contributed by atoms with Crippen molar-refractivity contribution >= 4 is 46.4 Å². The molecule has 0 aliphatic rings. The maximum Gasteiger partial charge on any atom is 0.274 e. The molecule has 1 aromatic heterocycles. The van der Waals surface area contributed by atoms with Gasteiger partial charge in [-0.05, 0) is 83.7 Å². The Labute approximate surface area is 156 Å². The Bertz CT molecular complexity index is 963. The largest absolute Gasteiger partial charge is 0.336 e. The number of hydrogen-bond acceptors (Lipinski definition) is 2. The first-order valence-corrected chi connectivity index (χ1v) is 8.58. The molecule has 2 N–H and O–H groups in total. The first-order chi connectivity index (χ1) is 11.5. The van der Waals surface area contributed by atoms with Gasteiger partial charge >= 0.3 is 0 Å². The number of benzene rings is 2. The van der Waals surface area contributed by atoms with Crippen molar-refractivity contribution in [2.45, 2.75) is 6.92 Å². The van der Waals surface area contributed by atoms with Crippen molar-refractivity contribution in [3.05, 3.63) is 74.1 Å². The topological polar surface area (TPSA) is 49.8 Å². The molecule has 0 radical (unpaired) electrons. The summed E-state index contributed by atoms with van der Waals surface area (Å²) in [5, 5.41) is 2.86. The predicted molar refractivity (Wildman–Crippen MR) is 103 cm³/mol. The summed E-state index contributed by atoms with van der Waals surface area (Å²) in [6.07, 6.45) is 1.54. The summed E-state index contributed by atoms with van der Waals surface area (Å²) in [5.41, 5.74) is 2.81. The van der Waals surface area contributed by atoms with Crippen molar-refractivity contribution in [1.82, 2.24) is 9.55 Å². The lowest BCUT2D eigenvalue weighted by molar-refractivity contribution is 0.102. The number of H-pyrrole nitrogens is 1. The van der Waals surface area contributed by atoms with E-state index in [1.807, 2.05) is 25.1 Å². The van der Waals surface area contributed by atoms with E-state index in [-0.39, 0.29) is 11.7 Å². The minimum absolute atomic E-state index is 0.300. The number of aromatic amines is 1. The Balaban J connectivity index is 1.95. The molecule has 3 aromatic rings. The molecule has 0 atom stereocenters. The van der Waals surface area contributed by atoms with Gasteiger partial charge in [0.25, 0.3) is 5.91 Å². The number of imidazole rings is 1. The van der Waals surface area contributed by atoms with Crippen LogP contribution in [0.4, 0.5) is 10.1 Å². The van der Waals surface area contributed by atoms with E-state index in [9.17, 15) is 9.18 Å². The Morgan fingerprint density at radius 2 is 1.96 bits per heavy atom. The number of anilines is 1. The van der Waals surface area contributed by atoms with Crippen molar-refractivity contribution in [1.29, 1.82) is 0 Å². The van der Waals surface area contributed by atoms with Crippen molar-refractivity contribution in [2.75, 3.05) is 5.32 Å². The first-order valence-electron chi connectivity index (χ1n) is 7.09. The maximum absolute atomic E-state index is 13.1. The summed E-state index contributed by atoms with van der Waals surface area (Å²) in [4.78, 5) is 15.5. The average molecular weight is 453 g/mol. The first kappa shape index (κ1) is 16.8. The van der Waals surface area contributed by atoms with Gasteiger partial charge in [-0.15, -0.1) is 0 Å². The van der Waals surface area contributed by atoms with Gasteiger partial charge in [0.15, 0.2) is 4.77 Å². The summed E-state index contributed by atoms with van der Waals surface area (Å²) in [6.45, 7) is 2.01. The molecule has 2 aromatic carbocycles. The van der Waals surface area contributed by atoms with Crippen LogP contribution in [-0.2, 0) is 0 Å². The van der Waals surface area contributed by atoms with Crippen LogP contribution in [-0.4, -0.2) is 15.5 Å². The Morgan fingerprint density at radius 3 is 2.62 bits per heavy atom. The van der Waals surface area contributed by atoms with E-state index < -0.39 is 0 Å². The van der Waals surface area contributed by atoms with Gasteiger partial charge in [0, 0.05) is 21.1 Å². The van der Waals surface area contributed by atoms with E-state index in [4.69, 9.17) is 12.2 Å². The van der Waals surface area contributed by atoms with E-state index in [0.717, 1.165) is 9.13 Å². The number of carbonyl (C=O) groups is 1. The van der Waals surface area contributed by atoms with E-state index in [1.54, 1.807) is 22.9 Å². The molecule has 0 aliphatic heterocycles. The second-order valence-corrected chi connectivity index (χ2v) is 6.76. The Hall–Kier alpha value is -2.00. The molecule has 1 heterocycles. The number of rotatable bonds is 3. The second kappa shape index (κ2) is 6.86. The lowest BCUT2D eigenvalue weighted by atomic mass is 10.2. The number of aryl methyl sites for hydroxylation is 1. The number of aromatic nitrogens is 2. The highest BCUT2D eigenvalue weighted by Gasteiger charge is 2.15. The normalized spacial score (nSPS) is 10.6. The van der Waals surface area contributed by atoms with Crippen LogP contribution in [0.1, 0.15) is 16.1 Å². The number of nitrogens with one attached hydrogen (secondary N) is 2. The summed E-state index contributed by atoms with van der Waals surface area (Å²) in [5.74, 6) is -0.646. The molecule has 0 bridgehead atoms. The number of nitrogens with zero attached hydrogens (tertiary/aromatic N) is 1. The van der Waals surface area contributed by atoms with Crippen LogP contribution < -0.4 is 5.32 Å². The van der Waals surface area contributed by atoms with Gasteiger partial charge in [-0.2, -0.15) is 0 Å². The molecule has 0 aliphatic carbocycles. The van der Waals surface area contributed by atoms with Gasteiger partial charge in [-0.1, -0.05) is 6.07 Å². The number of amides is 1. The van der Waals surface area contributed by atoms with Crippen LogP contribution in [0.5, 0.6) is 0 Å². The zero-order chi connectivity index (χ0) is 17.3. The van der Waals surface area contributed by atoms with Crippen LogP contribution >= 0.6 is 34.8 Å². The van der Waals surface area contributed by atoms with E-state index >= 15 is 0 Å². The average Bonchev–Trinajstić information content (AvgIpc) is 2.93. The third-order valence-electron chi connectivity index (χ3n) is 3.52. The number of hydrogen-bond donors (Lipinski definition) is 2. The fourth-order valence-corrected chi connectivity index (χ4v) is 3.03. The lowest BCUT2D eigenvalue weighted by Crippen LogP contribution is -2.16. The molecular weight excluding hydrogens is 440 g/mol. The molecule has 24 heavy (non-hydrogen) atoms. The van der Waals surface area contributed by atoms with Gasteiger partial charge in [0.05, 0.1) is 0 Å². The third-order valence-corrected chi connectivity index (χ3v) is 4.99. The van der Waals surface area contributed by atoms with Gasteiger partial charge in [0.1, 0.15) is 11.5 Å². The van der Waals surface area contributed by atoms with E-state index in [1.165, 1.54) is 12.1 Å². The highest BCUT2D eigenvalue weighted by atomic mass is 127. The predicted octanol–water partition coefficient (Wildman–Crippen LogP) is 4.84. The highest BCUT2D eigenvalue weighted by Crippen LogP contribution is 2.19. The molecule has 0 saturated heterocycles. The van der Waals surface area contributed by atoms with Crippen molar-refractivity contribution in [2.24, 2.45) is 0 Å². The molecule has 0 saturated carbocycles. The minimum atomic E-state index is -0.346. The Kier molecular flexibility index (Phi) is 4.81. The molecule has 122 valence electrons. The Morgan fingerprint density at radius 1 is 1.25 bits per heavy atom. The number of carbonyl (C=O) groups excluding carboxylic acids is 1. The molecule has 1 amide bonds. The molecule has 3 rings (SSSR count). The number of halogens is 2. The van der Waals surface area contributed by atoms with Crippen molar-refractivity contribution < 1.29 is 9.18 Å². The molecule has 0 unspecified atom stereocenters. The zero-order valence-corrected chi connectivity index (χ0v) is 15.6. The molecular formula is C17H13FIN3OS. The van der Waals surface area contributed by atoms with Crippen LogP contribution in [0.15, 0.2) is 48.7 Å². The van der Waals surface area contributed by atoms with E-state index in [0.29, 0.717) is 21.8 Å². The zero-order valence-electron chi connectivity index (χ0n) is 12.6. The monoisotopic (exact) mass is 453 g/mol. The quantitative estimate of drug-likeness (QED) is 0.441. The van der Waals surface area contributed by atoms with Gasteiger partial charge in [-0.3, -0.25) is 9.36 Å². The molecule has 4 nitrogen and oxygen atoms in total. The smallest absolute Gasteiger partial charge is 0.274 e. The lowest BCUT2D eigenvalue weighted by Gasteiger charge is -2.10. The fraction of sp³-hybridized carbons (Fsp3) is 0.0588. The summed E-state index contributed by atoms with van der Waals surface area (Å²) in [6, 6.07) is 11.5. The SMILES string of the molecule is Cc1ccc(NC(=O)c2c[nH]c(=S)n2-c2ccc(F)cc2)cc1I. The molecule has 0 fully saturated rings. The van der Waals surface area contributed by atoms with Crippen molar-refractivity contribution in [3.63, 3.8) is 0 Å². The van der Waals surface area contributed by atoms with Crippen LogP contribution in [0.3, 0.4) is 0 Å². The van der Waals surface area contributed by atoms with E-state index in [2.05, 4.69) is 32.9 Å². The highest BCUT2D eigenvalue weighted by molar-refractivity contribution is 14.1.